The molecule has 12 heteroatoms. The second-order valence-corrected chi connectivity index (χ2v) is 10.9. The van der Waals surface area contributed by atoms with E-state index in [-0.39, 0.29) is 21.9 Å². The Morgan fingerprint density at radius 2 is 1.50 bits per heavy atom. The molecule has 4 aromatic rings. The van der Waals surface area contributed by atoms with Crippen molar-refractivity contribution < 1.29 is 35.1 Å². The number of rotatable bonds is 5. The number of hydrogen-bond acceptors (Lipinski definition) is 3. The first kappa shape index (κ1) is 29.8. The number of fused-ring (bicyclic) bond motifs is 1. The van der Waals surface area contributed by atoms with Gasteiger partial charge < -0.3 is 5.73 Å². The Morgan fingerprint density at radius 3 is 2.14 bits per heavy atom. The molecule has 5 rings (SSSR count). The van der Waals surface area contributed by atoms with E-state index in [0.717, 1.165) is 42.1 Å². The molecule has 2 unspecified atom stereocenters. The minimum absolute atomic E-state index is 0.0534. The number of aromatic nitrogens is 1. The lowest BCUT2D eigenvalue weighted by atomic mass is 9.91. The van der Waals surface area contributed by atoms with Crippen molar-refractivity contribution >= 4 is 11.8 Å². The standard InChI is InChI=1S/C30H22F8N2OS/c1-15-18(13-19-20(29(33,34)35)10-6-12-22(19)31)28-40(23(14-42-28)26(39)16-7-3-2-4-8-16)27(41)24(15)17-9-5-11-21(25(17)32)30(36,37)38/h2-12,23,26H,13-14,39H2,1H3. The van der Waals surface area contributed by atoms with Gasteiger partial charge in [-0.05, 0) is 41.8 Å². The van der Waals surface area contributed by atoms with Crippen LogP contribution >= 0.6 is 11.8 Å². The maximum atomic E-state index is 15.4. The molecular weight excluding hydrogens is 588 g/mol. The molecule has 2 heterocycles. The van der Waals surface area contributed by atoms with Crippen LogP contribution in [0.1, 0.15) is 45.5 Å². The van der Waals surface area contributed by atoms with Crippen LogP contribution in [0.25, 0.3) is 11.1 Å². The van der Waals surface area contributed by atoms with Crippen molar-refractivity contribution in [2.45, 2.75) is 42.8 Å². The quantitative estimate of drug-likeness (QED) is 0.233. The zero-order valence-corrected chi connectivity index (χ0v) is 22.6. The van der Waals surface area contributed by atoms with E-state index in [1.165, 1.54) is 11.5 Å². The number of halogens is 8. The van der Waals surface area contributed by atoms with Gasteiger partial charge in [0.05, 0.1) is 33.8 Å². The Morgan fingerprint density at radius 1 is 0.881 bits per heavy atom. The second kappa shape index (κ2) is 10.9. The summed E-state index contributed by atoms with van der Waals surface area (Å²) >= 11 is 1.11. The Hall–Kier alpha value is -3.64. The Kier molecular flexibility index (Phi) is 7.73. The lowest BCUT2D eigenvalue weighted by molar-refractivity contribution is -0.140. The Labute approximate surface area is 239 Å². The van der Waals surface area contributed by atoms with Crippen LogP contribution in [0.15, 0.2) is 76.6 Å². The Balaban J connectivity index is 1.80. The van der Waals surface area contributed by atoms with E-state index >= 15 is 4.39 Å². The van der Waals surface area contributed by atoms with Crippen LogP contribution in [0, 0.1) is 18.6 Å². The third kappa shape index (κ3) is 5.22. The van der Waals surface area contributed by atoms with Gasteiger partial charge in [-0.3, -0.25) is 9.36 Å². The van der Waals surface area contributed by atoms with Crippen LogP contribution in [0.3, 0.4) is 0 Å². The van der Waals surface area contributed by atoms with Gasteiger partial charge in [-0.15, -0.1) is 11.8 Å². The van der Waals surface area contributed by atoms with Crippen molar-refractivity contribution in [3.05, 3.63) is 122 Å². The first-order valence-corrected chi connectivity index (χ1v) is 13.6. The summed E-state index contributed by atoms with van der Waals surface area (Å²) in [4.78, 5) is 14.0. The van der Waals surface area contributed by atoms with Gasteiger partial charge in [0.15, 0.2) is 0 Å². The van der Waals surface area contributed by atoms with Gasteiger partial charge in [-0.1, -0.05) is 48.5 Å². The number of nitrogens with zero attached hydrogens (tertiary/aromatic N) is 1. The summed E-state index contributed by atoms with van der Waals surface area (Å²) in [7, 11) is 0. The largest absolute Gasteiger partial charge is 0.419 e. The molecule has 0 saturated heterocycles. The van der Waals surface area contributed by atoms with E-state index in [0.29, 0.717) is 11.6 Å². The molecule has 0 spiro atoms. The van der Waals surface area contributed by atoms with Crippen LogP contribution < -0.4 is 11.3 Å². The topological polar surface area (TPSA) is 48.0 Å². The minimum atomic E-state index is -5.08. The molecule has 0 amide bonds. The molecule has 2 N–H and O–H groups in total. The predicted octanol–water partition coefficient (Wildman–Crippen LogP) is 8.08. The molecule has 0 radical (unpaired) electrons. The van der Waals surface area contributed by atoms with E-state index < -0.39 is 75.9 Å². The highest BCUT2D eigenvalue weighted by Gasteiger charge is 2.39. The molecule has 0 bridgehead atoms. The molecule has 2 atom stereocenters. The number of benzene rings is 3. The van der Waals surface area contributed by atoms with Crippen molar-refractivity contribution in [1.82, 2.24) is 4.57 Å². The van der Waals surface area contributed by atoms with Crippen molar-refractivity contribution in [2.24, 2.45) is 5.73 Å². The highest BCUT2D eigenvalue weighted by molar-refractivity contribution is 7.99. The maximum absolute atomic E-state index is 15.4. The normalized spacial score (nSPS) is 16.0. The molecule has 0 fully saturated rings. The summed E-state index contributed by atoms with van der Waals surface area (Å²) in [6.07, 6.45) is -10.6. The lowest BCUT2D eigenvalue weighted by Crippen LogP contribution is -2.33. The molecular formula is C30H22F8N2OS. The number of pyridine rings is 1. The van der Waals surface area contributed by atoms with Gasteiger partial charge in [-0.2, -0.15) is 26.3 Å². The number of hydrogen-bond donors (Lipinski definition) is 1. The molecule has 1 aromatic heterocycles. The zero-order valence-electron chi connectivity index (χ0n) is 21.8. The third-order valence-electron chi connectivity index (χ3n) is 7.41. The van der Waals surface area contributed by atoms with Gasteiger partial charge in [0.2, 0.25) is 0 Å². The third-order valence-corrected chi connectivity index (χ3v) is 8.63. The van der Waals surface area contributed by atoms with Crippen molar-refractivity contribution in [3.63, 3.8) is 0 Å². The maximum Gasteiger partial charge on any atom is 0.419 e. The van der Waals surface area contributed by atoms with Crippen LogP contribution in [-0.4, -0.2) is 10.3 Å². The number of alkyl halides is 6. The molecule has 0 aliphatic carbocycles. The fraction of sp³-hybridized carbons (Fsp3) is 0.233. The first-order valence-electron chi connectivity index (χ1n) is 12.6. The summed E-state index contributed by atoms with van der Waals surface area (Å²) in [6.45, 7) is 1.31. The van der Waals surface area contributed by atoms with Crippen LogP contribution in [0.4, 0.5) is 35.1 Å². The lowest BCUT2D eigenvalue weighted by Gasteiger charge is -2.25. The Bertz CT molecular complexity index is 1710. The molecule has 1 aliphatic rings. The number of thioether (sulfide) groups is 1. The smallest absolute Gasteiger partial charge is 0.322 e. The van der Waals surface area contributed by atoms with Gasteiger partial charge in [-0.25, -0.2) is 8.78 Å². The average molecular weight is 611 g/mol. The summed E-state index contributed by atoms with van der Waals surface area (Å²) < 4.78 is 114. The van der Waals surface area contributed by atoms with Crippen LogP contribution in [0.5, 0.6) is 0 Å². The molecule has 3 aromatic carbocycles. The fourth-order valence-corrected chi connectivity index (χ4v) is 6.78. The highest BCUT2D eigenvalue weighted by atomic mass is 32.2. The molecule has 3 nitrogen and oxygen atoms in total. The first-order chi connectivity index (χ1) is 19.7. The van der Waals surface area contributed by atoms with E-state index in [4.69, 9.17) is 5.73 Å². The van der Waals surface area contributed by atoms with Crippen LogP contribution in [-0.2, 0) is 18.8 Å². The van der Waals surface area contributed by atoms with E-state index in [1.807, 2.05) is 0 Å². The summed E-state index contributed by atoms with van der Waals surface area (Å²) in [5.74, 6) is -2.66. The van der Waals surface area contributed by atoms with Crippen LogP contribution in [0.2, 0.25) is 0 Å². The SMILES string of the molecule is Cc1c(Cc2c(F)cccc2C(F)(F)F)c2n(c(=O)c1-c1cccc(C(F)(F)F)c1F)C(C(N)c1ccccc1)CS2. The monoisotopic (exact) mass is 610 g/mol. The molecule has 0 saturated carbocycles. The van der Waals surface area contributed by atoms with Crippen molar-refractivity contribution in [1.29, 1.82) is 0 Å². The van der Waals surface area contributed by atoms with Crippen molar-refractivity contribution in [3.8, 4) is 11.1 Å². The predicted molar refractivity (Wildman–Crippen MR) is 143 cm³/mol. The van der Waals surface area contributed by atoms with Gasteiger partial charge in [0.25, 0.3) is 5.56 Å². The van der Waals surface area contributed by atoms with E-state index in [9.17, 15) is 35.5 Å². The zero-order chi connectivity index (χ0) is 30.6. The minimum Gasteiger partial charge on any atom is -0.322 e. The summed E-state index contributed by atoms with van der Waals surface area (Å²) in [6, 6.07) is 12.0. The highest BCUT2D eigenvalue weighted by Crippen LogP contribution is 2.45. The van der Waals surface area contributed by atoms with Crippen molar-refractivity contribution in [2.75, 3.05) is 5.75 Å². The number of nitrogens with two attached hydrogens (primary N) is 1. The van der Waals surface area contributed by atoms with Gasteiger partial charge in [0.1, 0.15) is 11.6 Å². The molecule has 42 heavy (non-hydrogen) atoms. The van der Waals surface area contributed by atoms with Gasteiger partial charge in [0, 0.05) is 23.3 Å². The average Bonchev–Trinajstić information content (AvgIpc) is 3.37. The molecule has 220 valence electrons. The second-order valence-electron chi connectivity index (χ2n) is 9.88. The fourth-order valence-electron chi connectivity index (χ4n) is 5.34. The van der Waals surface area contributed by atoms with Gasteiger partial charge >= 0.3 is 12.4 Å². The van der Waals surface area contributed by atoms with E-state index in [1.54, 1.807) is 30.3 Å². The summed E-state index contributed by atoms with van der Waals surface area (Å²) in [5.41, 5.74) is 1.63. The molecule has 1 aliphatic heterocycles. The summed E-state index contributed by atoms with van der Waals surface area (Å²) in [5, 5.41) is 0.196. The van der Waals surface area contributed by atoms with E-state index in [2.05, 4.69) is 0 Å².